The Morgan fingerprint density at radius 3 is 2.36 bits per heavy atom. The number of nitrogens with zero attached hydrogens (tertiary/aromatic N) is 1. The third kappa shape index (κ3) is 5.72. The van der Waals surface area contributed by atoms with Gasteiger partial charge in [-0.25, -0.2) is 0 Å². The van der Waals surface area contributed by atoms with Gasteiger partial charge in [0.1, 0.15) is 17.1 Å². The summed E-state index contributed by atoms with van der Waals surface area (Å²) in [6.07, 6.45) is -0.172. The lowest BCUT2D eigenvalue weighted by atomic mass is 10.1. The van der Waals surface area contributed by atoms with Crippen molar-refractivity contribution in [3.8, 4) is 11.5 Å². The smallest absolute Gasteiger partial charge is 0.311 e. The van der Waals surface area contributed by atoms with Gasteiger partial charge in [0.25, 0.3) is 11.8 Å². The lowest BCUT2D eigenvalue weighted by molar-refractivity contribution is -0.151. The van der Waals surface area contributed by atoms with E-state index in [0.717, 1.165) is 5.01 Å². The van der Waals surface area contributed by atoms with E-state index in [0.29, 0.717) is 10.7 Å². The van der Waals surface area contributed by atoms with Crippen LogP contribution in [0.1, 0.15) is 16.8 Å². The number of rotatable bonds is 8. The highest BCUT2D eigenvalue weighted by molar-refractivity contribution is 6.33. The summed E-state index contributed by atoms with van der Waals surface area (Å²) in [7, 11) is 2.81. The molecule has 0 unspecified atom stereocenters. The Kier molecular flexibility index (Phi) is 7.73. The number of nitrogens with one attached hydrogen (secondary N) is 2. The van der Waals surface area contributed by atoms with Gasteiger partial charge in [-0.05, 0) is 24.3 Å². The second kappa shape index (κ2) is 10.7. The van der Waals surface area contributed by atoms with Crippen LogP contribution >= 0.6 is 11.6 Å². The molecule has 174 valence electrons. The zero-order valence-corrected chi connectivity index (χ0v) is 18.7. The molecule has 0 aromatic heterocycles. The van der Waals surface area contributed by atoms with E-state index in [1.54, 1.807) is 42.5 Å². The van der Waals surface area contributed by atoms with Gasteiger partial charge in [0.15, 0.2) is 6.61 Å². The standard InChI is InChI=1S/C22H22ClN3O7/c1-31-16-8-5-9-17(32-2)20(16)21(29)25-26-11-13(10-19(26)28)22(30)33-12-18(27)24-15-7-4-3-6-14(15)23/h3-9,13H,10-12H2,1-2H3,(H,24,27)(H,25,29)/t13-/m0/s1. The SMILES string of the molecule is COc1cccc(OC)c1C(=O)NN1C[C@@H](C(=O)OCC(=O)Nc2ccccc2Cl)CC1=O. The van der Waals surface area contributed by atoms with E-state index in [1.807, 2.05) is 0 Å². The molecule has 0 radical (unpaired) electrons. The molecule has 1 heterocycles. The van der Waals surface area contributed by atoms with Gasteiger partial charge >= 0.3 is 5.97 Å². The molecule has 2 aromatic rings. The molecule has 3 amide bonds. The van der Waals surface area contributed by atoms with Gasteiger partial charge in [0.05, 0.1) is 37.4 Å². The Labute approximate surface area is 194 Å². The summed E-state index contributed by atoms with van der Waals surface area (Å²) in [4.78, 5) is 49.5. The molecule has 1 fully saturated rings. The topological polar surface area (TPSA) is 123 Å². The first-order valence-electron chi connectivity index (χ1n) is 9.87. The molecule has 0 bridgehead atoms. The minimum atomic E-state index is -0.842. The third-order valence-corrected chi connectivity index (χ3v) is 5.17. The molecule has 33 heavy (non-hydrogen) atoms. The zero-order chi connectivity index (χ0) is 24.0. The summed E-state index contributed by atoms with van der Waals surface area (Å²) in [5.41, 5.74) is 2.96. The highest BCUT2D eigenvalue weighted by Crippen LogP contribution is 2.28. The molecule has 2 N–H and O–H groups in total. The summed E-state index contributed by atoms with van der Waals surface area (Å²) in [5.74, 6) is -2.73. The average Bonchev–Trinajstić information content (AvgIpc) is 3.18. The maximum absolute atomic E-state index is 12.8. The molecule has 1 aliphatic rings. The summed E-state index contributed by atoms with van der Waals surface area (Å²) in [6, 6.07) is 11.4. The van der Waals surface area contributed by atoms with Gasteiger partial charge in [-0.15, -0.1) is 0 Å². The van der Waals surface area contributed by atoms with E-state index in [9.17, 15) is 19.2 Å². The first-order chi connectivity index (χ1) is 15.8. The minimum Gasteiger partial charge on any atom is -0.496 e. The van der Waals surface area contributed by atoms with Gasteiger partial charge in [0.2, 0.25) is 5.91 Å². The number of carbonyl (C=O) groups is 4. The molecule has 0 aliphatic carbocycles. The molecule has 1 saturated heterocycles. The van der Waals surface area contributed by atoms with Crippen molar-refractivity contribution in [2.45, 2.75) is 6.42 Å². The highest BCUT2D eigenvalue weighted by atomic mass is 35.5. The van der Waals surface area contributed by atoms with E-state index in [4.69, 9.17) is 25.8 Å². The van der Waals surface area contributed by atoms with E-state index in [-0.39, 0.29) is 30.0 Å². The van der Waals surface area contributed by atoms with Crippen molar-refractivity contribution in [1.29, 1.82) is 0 Å². The van der Waals surface area contributed by atoms with Gasteiger partial charge < -0.3 is 19.5 Å². The molecule has 11 heteroatoms. The van der Waals surface area contributed by atoms with Crippen molar-refractivity contribution in [2.24, 2.45) is 5.92 Å². The first-order valence-corrected chi connectivity index (χ1v) is 10.2. The number of carbonyl (C=O) groups excluding carboxylic acids is 4. The Hall–Kier alpha value is -3.79. The van der Waals surface area contributed by atoms with Crippen LogP contribution in [0.5, 0.6) is 11.5 Å². The van der Waals surface area contributed by atoms with Crippen LogP contribution in [-0.4, -0.2) is 56.1 Å². The molecule has 3 rings (SSSR count). The van der Waals surface area contributed by atoms with Crippen molar-refractivity contribution in [1.82, 2.24) is 10.4 Å². The monoisotopic (exact) mass is 475 g/mol. The molecular formula is C22H22ClN3O7. The van der Waals surface area contributed by atoms with Crippen molar-refractivity contribution in [3.05, 3.63) is 53.1 Å². The maximum Gasteiger partial charge on any atom is 0.311 e. The molecule has 0 spiro atoms. The number of hydrazine groups is 1. The Balaban J connectivity index is 1.56. The van der Waals surface area contributed by atoms with E-state index in [1.165, 1.54) is 14.2 Å². The van der Waals surface area contributed by atoms with Crippen LogP contribution in [0.25, 0.3) is 0 Å². The van der Waals surface area contributed by atoms with Crippen LogP contribution < -0.4 is 20.2 Å². The predicted octanol–water partition coefficient (Wildman–Crippen LogP) is 2.03. The van der Waals surface area contributed by atoms with Gasteiger partial charge in [0, 0.05) is 6.42 Å². The summed E-state index contributed by atoms with van der Waals surface area (Å²) >= 11 is 5.97. The van der Waals surface area contributed by atoms with Crippen LogP contribution in [0.2, 0.25) is 5.02 Å². The van der Waals surface area contributed by atoms with Crippen LogP contribution in [0.15, 0.2) is 42.5 Å². The molecule has 10 nitrogen and oxygen atoms in total. The lowest BCUT2D eigenvalue weighted by Gasteiger charge is -2.19. The van der Waals surface area contributed by atoms with Crippen LogP contribution in [0, 0.1) is 5.92 Å². The van der Waals surface area contributed by atoms with Gasteiger partial charge in [-0.1, -0.05) is 29.8 Å². The van der Waals surface area contributed by atoms with Crippen LogP contribution in [0.3, 0.4) is 0 Å². The van der Waals surface area contributed by atoms with E-state index in [2.05, 4.69) is 10.7 Å². The van der Waals surface area contributed by atoms with Crippen molar-refractivity contribution in [2.75, 3.05) is 32.7 Å². The number of amides is 3. The Bertz CT molecular complexity index is 1050. The fourth-order valence-corrected chi connectivity index (χ4v) is 3.41. The van der Waals surface area contributed by atoms with Gasteiger partial charge in [-0.2, -0.15) is 0 Å². The Morgan fingerprint density at radius 2 is 1.73 bits per heavy atom. The number of hydrogen-bond acceptors (Lipinski definition) is 7. The van der Waals surface area contributed by atoms with Gasteiger partial charge in [-0.3, -0.25) is 29.6 Å². The summed E-state index contributed by atoms with van der Waals surface area (Å²) < 4.78 is 15.4. The third-order valence-electron chi connectivity index (χ3n) is 4.84. The number of anilines is 1. The first kappa shape index (κ1) is 23.9. The number of halogens is 1. The molecule has 1 aliphatic heterocycles. The number of esters is 1. The molecular weight excluding hydrogens is 454 g/mol. The highest BCUT2D eigenvalue weighted by Gasteiger charge is 2.37. The second-order valence-corrected chi connectivity index (χ2v) is 7.43. The molecule has 2 aromatic carbocycles. The summed E-state index contributed by atoms with van der Waals surface area (Å²) in [5, 5.41) is 3.91. The lowest BCUT2D eigenvalue weighted by Crippen LogP contribution is -2.43. The number of para-hydroxylation sites is 1. The largest absolute Gasteiger partial charge is 0.496 e. The number of ether oxygens (including phenoxy) is 3. The number of hydrogen-bond donors (Lipinski definition) is 2. The number of benzene rings is 2. The van der Waals surface area contributed by atoms with E-state index >= 15 is 0 Å². The predicted molar refractivity (Wildman–Crippen MR) is 118 cm³/mol. The molecule has 1 atom stereocenters. The minimum absolute atomic E-state index is 0.104. The maximum atomic E-state index is 12.8. The normalized spacial score (nSPS) is 15.1. The molecule has 0 saturated carbocycles. The zero-order valence-electron chi connectivity index (χ0n) is 17.9. The summed E-state index contributed by atoms with van der Waals surface area (Å²) in [6.45, 7) is -0.646. The quantitative estimate of drug-likeness (QED) is 0.560. The van der Waals surface area contributed by atoms with Crippen molar-refractivity contribution >= 4 is 41.0 Å². The Morgan fingerprint density at radius 1 is 1.06 bits per heavy atom. The average molecular weight is 476 g/mol. The van der Waals surface area contributed by atoms with Crippen molar-refractivity contribution < 1.29 is 33.4 Å². The van der Waals surface area contributed by atoms with Crippen LogP contribution in [-0.2, 0) is 19.1 Å². The second-order valence-electron chi connectivity index (χ2n) is 7.02. The fourth-order valence-electron chi connectivity index (χ4n) is 3.23. The number of methoxy groups -OCH3 is 2. The van der Waals surface area contributed by atoms with Crippen LogP contribution in [0.4, 0.5) is 5.69 Å². The van der Waals surface area contributed by atoms with Crippen molar-refractivity contribution in [3.63, 3.8) is 0 Å². The van der Waals surface area contributed by atoms with E-state index < -0.39 is 36.2 Å². The fraction of sp³-hybridized carbons (Fsp3) is 0.273.